The van der Waals surface area contributed by atoms with Gasteiger partial charge >= 0.3 is 0 Å². The number of hydrogen-bond acceptors (Lipinski definition) is 4. The number of aromatic nitrogens is 1. The zero-order chi connectivity index (χ0) is 10.6. The highest BCUT2D eigenvalue weighted by Gasteiger charge is 2.05. The van der Waals surface area contributed by atoms with E-state index in [1.165, 1.54) is 24.2 Å². The number of thioether (sulfide) groups is 1. The van der Waals surface area contributed by atoms with Crippen LogP contribution in [-0.4, -0.2) is 23.7 Å². The van der Waals surface area contributed by atoms with Gasteiger partial charge < -0.3 is 15.7 Å². The zero-order valence-electron chi connectivity index (χ0n) is 7.86. The highest BCUT2D eigenvalue weighted by atomic mass is 32.2. The molecule has 4 nitrogen and oxygen atoms in total. The third kappa shape index (κ3) is 3.01. The van der Waals surface area contributed by atoms with E-state index in [9.17, 15) is 5.21 Å². The normalized spacial score (nSPS) is 10.1. The minimum atomic E-state index is -0.262. The van der Waals surface area contributed by atoms with Gasteiger partial charge in [-0.2, -0.15) is 4.73 Å². The van der Waals surface area contributed by atoms with Crippen LogP contribution in [0.2, 0.25) is 0 Å². The summed E-state index contributed by atoms with van der Waals surface area (Å²) in [6, 6.07) is 1.85. The summed E-state index contributed by atoms with van der Waals surface area (Å²) in [4.78, 5) is 0.864. The second-order valence-electron chi connectivity index (χ2n) is 2.88. The van der Waals surface area contributed by atoms with Crippen molar-refractivity contribution in [3.05, 3.63) is 29.2 Å². The van der Waals surface area contributed by atoms with Crippen molar-refractivity contribution in [1.29, 1.82) is 5.41 Å². The molecule has 5 heteroatoms. The van der Waals surface area contributed by atoms with Crippen LogP contribution in [0.25, 0.3) is 0 Å². The van der Waals surface area contributed by atoms with Crippen molar-refractivity contribution in [1.82, 2.24) is 0 Å². The Morgan fingerprint density at radius 3 is 2.93 bits per heavy atom. The Bertz CT molecular complexity index is 342. The molecule has 0 unspecified atom stereocenters. The lowest BCUT2D eigenvalue weighted by Gasteiger charge is -2.03. The lowest BCUT2D eigenvalue weighted by molar-refractivity contribution is -0.607. The average Bonchev–Trinajstić information content (AvgIpc) is 2.16. The molecule has 1 rings (SSSR count). The minimum absolute atomic E-state index is 0.211. The maximum Gasteiger partial charge on any atom is 0.193 e. The summed E-state index contributed by atoms with van der Waals surface area (Å²) in [5, 5.41) is 27.1. The lowest BCUT2D eigenvalue weighted by atomic mass is 10.1. The van der Waals surface area contributed by atoms with E-state index in [2.05, 4.69) is 0 Å². The number of aliphatic hydroxyl groups excluding tert-OH is 1. The van der Waals surface area contributed by atoms with Crippen LogP contribution in [0.4, 0.5) is 0 Å². The molecule has 76 valence electrons. The van der Waals surface area contributed by atoms with Crippen LogP contribution >= 0.6 is 11.8 Å². The summed E-state index contributed by atoms with van der Waals surface area (Å²) in [7, 11) is 0. The molecule has 1 heterocycles. The first-order valence-electron chi connectivity index (χ1n) is 4.09. The molecule has 1 aromatic rings. The maximum atomic E-state index is 11.1. The fourth-order valence-electron chi connectivity index (χ4n) is 1.09. The summed E-state index contributed by atoms with van der Waals surface area (Å²) in [5.41, 5.74) is 0.967. The Labute approximate surface area is 86.7 Å². The van der Waals surface area contributed by atoms with Crippen molar-refractivity contribution in [2.24, 2.45) is 0 Å². The molecule has 0 bridgehead atoms. The third-order valence-electron chi connectivity index (χ3n) is 1.72. The van der Waals surface area contributed by atoms with E-state index in [0.717, 1.165) is 15.2 Å². The van der Waals surface area contributed by atoms with Gasteiger partial charge in [-0.15, -0.1) is 11.8 Å². The van der Waals surface area contributed by atoms with Crippen molar-refractivity contribution < 1.29 is 9.84 Å². The number of nitrogens with zero attached hydrogens (tertiary/aromatic N) is 1. The summed E-state index contributed by atoms with van der Waals surface area (Å²) in [6.45, 7) is -0.262. The first-order valence-corrected chi connectivity index (χ1v) is 5.32. The monoisotopic (exact) mass is 212 g/mol. The van der Waals surface area contributed by atoms with Gasteiger partial charge in [-0.25, -0.2) is 0 Å². The van der Waals surface area contributed by atoms with Gasteiger partial charge in [-0.1, -0.05) is 0 Å². The summed E-state index contributed by atoms with van der Waals surface area (Å²) >= 11 is 1.48. The Morgan fingerprint density at radius 2 is 2.36 bits per heavy atom. The molecule has 0 radical (unpaired) electrons. The third-order valence-corrected chi connectivity index (χ3v) is 2.41. The van der Waals surface area contributed by atoms with Crippen LogP contribution < -0.4 is 4.73 Å². The van der Waals surface area contributed by atoms with E-state index in [1.807, 2.05) is 12.3 Å². The molecule has 0 fully saturated rings. The first kappa shape index (κ1) is 11.0. The van der Waals surface area contributed by atoms with E-state index in [4.69, 9.17) is 10.5 Å². The smallest absolute Gasteiger partial charge is 0.193 e. The van der Waals surface area contributed by atoms with Crippen LogP contribution in [0.3, 0.4) is 0 Å². The standard InChI is InChI=1S/C9H12N2O2S/c1-14-9-3-7(2-8(10)6-12)4-11(13)5-9/h3-5,10,12H,2,6H2,1H3. The molecule has 0 atom stereocenters. The molecule has 1 aromatic heterocycles. The molecule has 0 aliphatic carbocycles. The fraction of sp³-hybridized carbons (Fsp3) is 0.333. The van der Waals surface area contributed by atoms with E-state index < -0.39 is 0 Å². The van der Waals surface area contributed by atoms with Crippen LogP contribution in [-0.2, 0) is 6.42 Å². The molecule has 14 heavy (non-hydrogen) atoms. The molecular formula is C9H12N2O2S. The largest absolute Gasteiger partial charge is 0.619 e. The topological polar surface area (TPSA) is 71.0 Å². The first-order chi connectivity index (χ1) is 6.65. The number of rotatable bonds is 4. The highest BCUT2D eigenvalue weighted by Crippen LogP contribution is 2.13. The van der Waals surface area contributed by atoms with Crippen molar-refractivity contribution in [2.75, 3.05) is 12.9 Å². The van der Waals surface area contributed by atoms with Gasteiger partial charge in [-0.05, 0) is 12.3 Å². The van der Waals surface area contributed by atoms with Crippen molar-refractivity contribution in [3.63, 3.8) is 0 Å². The number of hydrogen-bond donors (Lipinski definition) is 2. The van der Waals surface area contributed by atoms with Crippen LogP contribution in [0.15, 0.2) is 23.4 Å². The zero-order valence-corrected chi connectivity index (χ0v) is 8.67. The predicted octanol–water partition coefficient (Wildman–Crippen LogP) is 0.596. The van der Waals surface area contributed by atoms with Crippen molar-refractivity contribution in [2.45, 2.75) is 11.3 Å². The molecule has 0 aliphatic heterocycles. The van der Waals surface area contributed by atoms with Gasteiger partial charge in [0, 0.05) is 17.7 Å². The maximum absolute atomic E-state index is 11.1. The van der Waals surface area contributed by atoms with Gasteiger partial charge in [0.15, 0.2) is 12.4 Å². The second kappa shape index (κ2) is 4.97. The van der Waals surface area contributed by atoms with E-state index in [-0.39, 0.29) is 12.3 Å². The molecule has 2 N–H and O–H groups in total. The Kier molecular flexibility index (Phi) is 3.91. The van der Waals surface area contributed by atoms with Crippen LogP contribution in [0, 0.1) is 10.6 Å². The van der Waals surface area contributed by atoms with E-state index >= 15 is 0 Å². The molecular weight excluding hydrogens is 200 g/mol. The van der Waals surface area contributed by atoms with Gasteiger partial charge in [0.25, 0.3) is 0 Å². The SMILES string of the molecule is CSc1cc(CC(=N)CO)c[n+]([O-])c1. The highest BCUT2D eigenvalue weighted by molar-refractivity contribution is 7.98. The number of pyridine rings is 1. The van der Waals surface area contributed by atoms with E-state index in [0.29, 0.717) is 6.42 Å². The predicted molar refractivity (Wildman–Crippen MR) is 55.7 cm³/mol. The molecule has 0 aromatic carbocycles. The van der Waals surface area contributed by atoms with E-state index in [1.54, 1.807) is 0 Å². The molecule has 0 saturated heterocycles. The minimum Gasteiger partial charge on any atom is -0.619 e. The summed E-state index contributed by atoms with van der Waals surface area (Å²) in [5.74, 6) is 0. The second-order valence-corrected chi connectivity index (χ2v) is 3.76. The molecule has 0 saturated carbocycles. The summed E-state index contributed by atoms with van der Waals surface area (Å²) < 4.78 is 0.728. The van der Waals surface area contributed by atoms with Crippen molar-refractivity contribution >= 4 is 17.5 Å². The molecule has 0 amide bonds. The molecule has 0 aliphatic rings. The quantitative estimate of drug-likeness (QED) is 0.332. The Balaban J connectivity index is 2.86. The van der Waals surface area contributed by atoms with Gasteiger partial charge in [0.05, 0.1) is 11.5 Å². The van der Waals surface area contributed by atoms with Gasteiger partial charge in [0.2, 0.25) is 0 Å². The Morgan fingerprint density at radius 1 is 1.64 bits per heavy atom. The molecule has 0 spiro atoms. The Hall–Kier alpha value is -1.07. The van der Waals surface area contributed by atoms with Gasteiger partial charge in [0.1, 0.15) is 0 Å². The van der Waals surface area contributed by atoms with Gasteiger partial charge in [-0.3, -0.25) is 0 Å². The number of aliphatic hydroxyl groups is 1. The lowest BCUT2D eigenvalue weighted by Crippen LogP contribution is -2.26. The average molecular weight is 212 g/mol. The fourth-order valence-corrected chi connectivity index (χ4v) is 1.57. The van der Waals surface area contributed by atoms with Crippen LogP contribution in [0.5, 0.6) is 0 Å². The summed E-state index contributed by atoms with van der Waals surface area (Å²) in [6.07, 6.45) is 5.12. The van der Waals surface area contributed by atoms with Crippen molar-refractivity contribution in [3.8, 4) is 0 Å². The van der Waals surface area contributed by atoms with Crippen LogP contribution in [0.1, 0.15) is 5.56 Å². The number of nitrogens with one attached hydrogen (secondary N) is 1.